The summed E-state index contributed by atoms with van der Waals surface area (Å²) in [4.78, 5) is 51.2. The topological polar surface area (TPSA) is 95.9 Å². The molecule has 34 heavy (non-hydrogen) atoms. The zero-order valence-corrected chi connectivity index (χ0v) is 19.4. The van der Waals surface area contributed by atoms with E-state index < -0.39 is 11.8 Å². The van der Waals surface area contributed by atoms with E-state index in [1.807, 2.05) is 14.1 Å². The largest absolute Gasteiger partial charge is 0.362 e. The molecule has 0 radical (unpaired) electrons. The molecule has 3 heterocycles. The van der Waals surface area contributed by atoms with E-state index in [-0.39, 0.29) is 43.9 Å². The molecule has 2 fully saturated rings. The number of rotatable bonds is 6. The lowest BCUT2D eigenvalue weighted by molar-refractivity contribution is -0.158. The number of imide groups is 1. The van der Waals surface area contributed by atoms with Gasteiger partial charge >= 0.3 is 0 Å². The number of halogens is 1. The van der Waals surface area contributed by atoms with Gasteiger partial charge in [-0.3, -0.25) is 19.3 Å². The number of amides is 3. The number of likely N-dealkylation sites (tertiary alicyclic amines) is 1. The summed E-state index contributed by atoms with van der Waals surface area (Å²) in [6.07, 6.45) is 4.26. The average molecular weight is 470 g/mol. The maximum Gasteiger partial charge on any atom is 0.255 e. The van der Waals surface area contributed by atoms with E-state index >= 15 is 0 Å². The Hall–Kier alpha value is -3.40. The Kier molecular flexibility index (Phi) is 7.16. The predicted molar refractivity (Wildman–Crippen MR) is 122 cm³/mol. The summed E-state index contributed by atoms with van der Waals surface area (Å²) in [6, 6.07) is 5.84. The second-order valence-electron chi connectivity index (χ2n) is 8.65. The van der Waals surface area contributed by atoms with Crippen molar-refractivity contribution < 1.29 is 23.5 Å². The van der Waals surface area contributed by atoms with E-state index in [1.54, 1.807) is 28.1 Å². The molecule has 0 spiro atoms. The summed E-state index contributed by atoms with van der Waals surface area (Å²) in [7, 11) is 3.69. The van der Waals surface area contributed by atoms with Crippen LogP contribution in [0.15, 0.2) is 30.5 Å². The van der Waals surface area contributed by atoms with Gasteiger partial charge in [0.1, 0.15) is 19.0 Å². The van der Waals surface area contributed by atoms with Crippen molar-refractivity contribution in [1.82, 2.24) is 19.8 Å². The van der Waals surface area contributed by atoms with Gasteiger partial charge in [-0.15, -0.1) is 0 Å². The molecule has 2 aliphatic rings. The van der Waals surface area contributed by atoms with Crippen LogP contribution in [0.4, 0.5) is 10.3 Å². The minimum absolute atomic E-state index is 0.0284. The molecule has 4 rings (SSSR count). The fraction of sp³-hybridized carbons (Fsp3) is 0.458. The van der Waals surface area contributed by atoms with Crippen LogP contribution in [0.3, 0.4) is 0 Å². The van der Waals surface area contributed by atoms with Gasteiger partial charge < -0.3 is 14.5 Å². The molecule has 1 atom stereocenters. The second-order valence-corrected chi connectivity index (χ2v) is 8.65. The highest BCUT2D eigenvalue weighted by molar-refractivity contribution is 5.98. The molecule has 0 saturated carbocycles. The lowest BCUT2D eigenvalue weighted by atomic mass is 9.93. The summed E-state index contributed by atoms with van der Waals surface area (Å²) in [5.74, 6) is -0.818. The van der Waals surface area contributed by atoms with E-state index in [1.165, 1.54) is 12.1 Å². The minimum Gasteiger partial charge on any atom is -0.362 e. The van der Waals surface area contributed by atoms with Crippen LogP contribution in [0.2, 0.25) is 0 Å². The molecule has 0 bridgehead atoms. The van der Waals surface area contributed by atoms with Crippen molar-refractivity contribution in [2.24, 2.45) is 0 Å². The van der Waals surface area contributed by atoms with Gasteiger partial charge in [0.15, 0.2) is 0 Å². The predicted octanol–water partition coefficient (Wildman–Crippen LogP) is 2.18. The Balaban J connectivity index is 1.62. The second kappa shape index (κ2) is 10.3. The molecule has 1 unspecified atom stereocenters. The van der Waals surface area contributed by atoms with Crippen LogP contribution >= 0.6 is 0 Å². The summed E-state index contributed by atoms with van der Waals surface area (Å²) in [5.41, 5.74) is 2.22. The van der Waals surface area contributed by atoms with E-state index in [0.29, 0.717) is 18.2 Å². The summed E-state index contributed by atoms with van der Waals surface area (Å²) < 4.78 is 18.5. The molecule has 0 aliphatic carbocycles. The Labute approximate surface area is 197 Å². The number of carbonyl (C=O) groups is 3. The number of aromatic nitrogens is 2. The number of benzene rings is 1. The van der Waals surface area contributed by atoms with E-state index in [9.17, 15) is 18.8 Å². The Morgan fingerprint density at radius 1 is 1.15 bits per heavy atom. The standard InChI is InChI=1S/C24H28FN5O4/c1-28(2)24-26-13-18(16-6-8-17(25)9-7-16)23(27-24)19-5-3-4-11-29(19)20(31)10-12-30-21(32)14-34-15-22(30)33/h6-9,13,19H,3-5,10-12,14-15H2,1-2H3. The maximum atomic E-state index is 13.5. The Bertz CT molecular complexity index is 1060. The third-order valence-electron chi connectivity index (χ3n) is 6.10. The van der Waals surface area contributed by atoms with Gasteiger partial charge in [0.25, 0.3) is 11.8 Å². The van der Waals surface area contributed by atoms with E-state index in [0.717, 1.165) is 35.3 Å². The average Bonchev–Trinajstić information content (AvgIpc) is 2.84. The highest BCUT2D eigenvalue weighted by atomic mass is 19.1. The zero-order valence-electron chi connectivity index (χ0n) is 19.4. The molecule has 1 aromatic heterocycles. The zero-order chi connectivity index (χ0) is 24.2. The first-order valence-electron chi connectivity index (χ1n) is 11.4. The van der Waals surface area contributed by atoms with Crippen LogP contribution < -0.4 is 4.90 Å². The molecule has 180 valence electrons. The summed E-state index contributed by atoms with van der Waals surface area (Å²) >= 11 is 0. The van der Waals surface area contributed by atoms with Crippen LogP contribution in [0, 0.1) is 5.82 Å². The molecule has 0 N–H and O–H groups in total. The molecule has 9 nitrogen and oxygen atoms in total. The quantitative estimate of drug-likeness (QED) is 0.599. The number of nitrogens with zero attached hydrogens (tertiary/aromatic N) is 5. The Morgan fingerprint density at radius 3 is 2.53 bits per heavy atom. The van der Waals surface area contributed by atoms with Gasteiger partial charge in [0, 0.05) is 45.4 Å². The minimum atomic E-state index is -0.427. The highest BCUT2D eigenvalue weighted by Gasteiger charge is 2.33. The van der Waals surface area contributed by atoms with Crippen molar-refractivity contribution in [3.63, 3.8) is 0 Å². The normalized spacial score (nSPS) is 18.9. The van der Waals surface area contributed by atoms with Gasteiger partial charge in [-0.1, -0.05) is 12.1 Å². The van der Waals surface area contributed by atoms with Crippen LogP contribution in [0.5, 0.6) is 0 Å². The molecule has 1 aromatic carbocycles. The molecule has 3 amide bonds. The van der Waals surface area contributed by atoms with Crippen molar-refractivity contribution in [2.75, 3.05) is 45.3 Å². The first kappa shape index (κ1) is 23.7. The van der Waals surface area contributed by atoms with Crippen molar-refractivity contribution in [1.29, 1.82) is 0 Å². The summed E-state index contributed by atoms with van der Waals surface area (Å²) in [5, 5.41) is 0. The number of morpholine rings is 1. The summed E-state index contributed by atoms with van der Waals surface area (Å²) in [6.45, 7) is 0.280. The monoisotopic (exact) mass is 469 g/mol. The van der Waals surface area contributed by atoms with Crippen LogP contribution in [0.25, 0.3) is 11.1 Å². The lowest BCUT2D eigenvalue weighted by Crippen LogP contribution is -2.48. The first-order chi connectivity index (χ1) is 16.3. The van der Waals surface area contributed by atoms with Crippen LogP contribution in [0.1, 0.15) is 37.4 Å². The number of anilines is 1. The fourth-order valence-corrected chi connectivity index (χ4v) is 4.34. The van der Waals surface area contributed by atoms with Gasteiger partial charge in [0.05, 0.1) is 11.7 Å². The molecule has 2 saturated heterocycles. The molecule has 10 heteroatoms. The van der Waals surface area contributed by atoms with E-state index in [4.69, 9.17) is 9.72 Å². The fourth-order valence-electron chi connectivity index (χ4n) is 4.34. The number of hydrogen-bond acceptors (Lipinski definition) is 7. The van der Waals surface area contributed by atoms with Crippen molar-refractivity contribution >= 4 is 23.7 Å². The first-order valence-corrected chi connectivity index (χ1v) is 11.4. The third-order valence-corrected chi connectivity index (χ3v) is 6.10. The van der Waals surface area contributed by atoms with Gasteiger partial charge in [-0.2, -0.15) is 0 Å². The van der Waals surface area contributed by atoms with Crippen molar-refractivity contribution in [3.8, 4) is 11.1 Å². The SMILES string of the molecule is CN(C)c1ncc(-c2ccc(F)cc2)c(C2CCCCN2C(=O)CCN2C(=O)COCC2=O)n1. The number of hydrogen-bond donors (Lipinski definition) is 0. The van der Waals surface area contributed by atoms with Crippen LogP contribution in [-0.2, 0) is 19.1 Å². The molecular formula is C24H28FN5O4. The number of ether oxygens (including phenoxy) is 1. The molecular weight excluding hydrogens is 441 g/mol. The number of piperidine rings is 1. The Morgan fingerprint density at radius 2 is 1.85 bits per heavy atom. The lowest BCUT2D eigenvalue weighted by Gasteiger charge is -2.37. The van der Waals surface area contributed by atoms with Crippen molar-refractivity contribution in [3.05, 3.63) is 42.0 Å². The smallest absolute Gasteiger partial charge is 0.255 e. The number of carbonyl (C=O) groups excluding carboxylic acids is 3. The molecule has 2 aromatic rings. The third kappa shape index (κ3) is 5.06. The van der Waals surface area contributed by atoms with E-state index in [2.05, 4.69) is 4.98 Å². The molecule has 2 aliphatic heterocycles. The van der Waals surface area contributed by atoms with Crippen molar-refractivity contribution in [2.45, 2.75) is 31.7 Å². The van der Waals surface area contributed by atoms with Crippen LogP contribution in [-0.4, -0.2) is 77.9 Å². The van der Waals surface area contributed by atoms with Gasteiger partial charge in [-0.25, -0.2) is 14.4 Å². The highest BCUT2D eigenvalue weighted by Crippen LogP contribution is 2.36. The van der Waals surface area contributed by atoms with Gasteiger partial charge in [0.2, 0.25) is 11.9 Å². The van der Waals surface area contributed by atoms with Gasteiger partial charge in [-0.05, 0) is 37.0 Å². The maximum absolute atomic E-state index is 13.5.